The molecule has 1 aromatic heterocycles. The molecule has 0 aliphatic carbocycles. The predicted octanol–water partition coefficient (Wildman–Crippen LogP) is 2.24. The molecule has 0 aliphatic rings. The quantitative estimate of drug-likeness (QED) is 0.685. The lowest BCUT2D eigenvalue weighted by Gasteiger charge is -2.09. The van der Waals surface area contributed by atoms with E-state index in [-0.39, 0.29) is 5.95 Å². The van der Waals surface area contributed by atoms with Crippen LogP contribution in [0.25, 0.3) is 11.1 Å². The predicted molar refractivity (Wildman–Crippen MR) is 69.3 cm³/mol. The highest BCUT2D eigenvalue weighted by Gasteiger charge is 2.10. The second-order valence-electron chi connectivity index (χ2n) is 3.63. The number of nitrogens with two attached hydrogens (primary N) is 1. The van der Waals surface area contributed by atoms with Crippen LogP contribution in [0, 0.1) is 0 Å². The van der Waals surface area contributed by atoms with Crippen LogP contribution in [0.15, 0.2) is 30.6 Å². The molecular weight excluding hydrogens is 270 g/mol. The Morgan fingerprint density at radius 1 is 1.32 bits per heavy atom. The van der Waals surface area contributed by atoms with Crippen molar-refractivity contribution in [3.05, 3.63) is 35.6 Å². The molecular formula is C12H10ClN3O3. The monoisotopic (exact) mass is 279 g/mol. The third-order valence-electron chi connectivity index (χ3n) is 2.17. The molecule has 0 amide bonds. The van der Waals surface area contributed by atoms with Gasteiger partial charge in [-0.05, 0) is 18.2 Å². The summed E-state index contributed by atoms with van der Waals surface area (Å²) in [5.74, 6) is -0.0735. The summed E-state index contributed by atoms with van der Waals surface area (Å²) in [6.45, 7) is 1.24. The summed E-state index contributed by atoms with van der Waals surface area (Å²) in [6.07, 6.45) is 3.04. The molecule has 0 bridgehead atoms. The fourth-order valence-electron chi connectivity index (χ4n) is 1.38. The van der Waals surface area contributed by atoms with Gasteiger partial charge in [-0.15, -0.1) is 0 Å². The van der Waals surface area contributed by atoms with Crippen LogP contribution >= 0.6 is 11.6 Å². The number of carbonyl (C=O) groups is 1. The Morgan fingerprint density at radius 2 is 2.00 bits per heavy atom. The van der Waals surface area contributed by atoms with Crippen molar-refractivity contribution < 1.29 is 14.6 Å². The second-order valence-corrected chi connectivity index (χ2v) is 4.07. The Labute approximate surface area is 114 Å². The van der Waals surface area contributed by atoms with Crippen molar-refractivity contribution in [2.45, 2.75) is 6.92 Å². The number of nitrogen functional groups attached to an aromatic ring is 1. The van der Waals surface area contributed by atoms with E-state index in [4.69, 9.17) is 22.2 Å². The van der Waals surface area contributed by atoms with Crippen LogP contribution in [0.1, 0.15) is 6.92 Å². The molecule has 0 saturated heterocycles. The summed E-state index contributed by atoms with van der Waals surface area (Å²) in [6, 6.07) is 4.84. The van der Waals surface area contributed by atoms with Gasteiger partial charge in [0.15, 0.2) is 5.75 Å². The molecule has 0 unspecified atom stereocenters. The average Bonchev–Trinajstić information content (AvgIpc) is 2.38. The minimum atomic E-state index is -0.561. The van der Waals surface area contributed by atoms with Crippen molar-refractivity contribution in [1.82, 2.24) is 9.97 Å². The van der Waals surface area contributed by atoms with E-state index >= 15 is 0 Å². The molecule has 0 aliphatic heterocycles. The van der Waals surface area contributed by atoms with Gasteiger partial charge in [-0.1, -0.05) is 11.6 Å². The Kier molecular flexibility index (Phi) is 3.82. The lowest BCUT2D eigenvalue weighted by molar-refractivity contribution is -0.210. The van der Waals surface area contributed by atoms with E-state index in [0.29, 0.717) is 21.9 Å². The summed E-state index contributed by atoms with van der Waals surface area (Å²) >= 11 is 5.93. The molecule has 0 radical (unpaired) electrons. The second kappa shape index (κ2) is 5.53. The minimum absolute atomic E-state index is 0.160. The van der Waals surface area contributed by atoms with Crippen molar-refractivity contribution in [2.24, 2.45) is 0 Å². The standard InChI is InChI=1S/C12H10ClN3O3/c1-7(17)18-19-11-3-2-9(13)4-10(11)8-5-15-12(14)16-6-8/h2-6H,1H3,(H2,14,15,16). The maximum Gasteiger partial charge on any atom is 0.352 e. The van der Waals surface area contributed by atoms with Crippen LogP contribution in [0.2, 0.25) is 5.02 Å². The van der Waals surface area contributed by atoms with Gasteiger partial charge in [0, 0.05) is 35.5 Å². The van der Waals surface area contributed by atoms with E-state index in [9.17, 15) is 4.79 Å². The van der Waals surface area contributed by atoms with Crippen LogP contribution < -0.4 is 10.6 Å². The molecule has 1 heterocycles. The molecule has 2 aromatic rings. The maximum absolute atomic E-state index is 10.8. The zero-order valence-corrected chi connectivity index (χ0v) is 10.7. The zero-order valence-electron chi connectivity index (χ0n) is 9.96. The van der Waals surface area contributed by atoms with Crippen molar-refractivity contribution in [3.8, 4) is 16.9 Å². The van der Waals surface area contributed by atoms with Crippen molar-refractivity contribution >= 4 is 23.5 Å². The van der Waals surface area contributed by atoms with Gasteiger partial charge in [-0.3, -0.25) is 9.78 Å². The number of rotatable bonds is 3. The number of benzene rings is 1. The molecule has 7 heteroatoms. The van der Waals surface area contributed by atoms with Crippen molar-refractivity contribution in [2.75, 3.05) is 5.73 Å². The highest BCUT2D eigenvalue weighted by atomic mass is 35.5. The van der Waals surface area contributed by atoms with Crippen LogP contribution in [0.4, 0.5) is 5.95 Å². The van der Waals surface area contributed by atoms with Gasteiger partial charge in [0.25, 0.3) is 0 Å². The van der Waals surface area contributed by atoms with Gasteiger partial charge in [0.2, 0.25) is 5.95 Å². The normalized spacial score (nSPS) is 10.0. The minimum Gasteiger partial charge on any atom is -0.368 e. The highest BCUT2D eigenvalue weighted by molar-refractivity contribution is 6.31. The number of aromatic nitrogens is 2. The molecule has 2 rings (SSSR count). The lowest BCUT2D eigenvalue weighted by atomic mass is 10.1. The van der Waals surface area contributed by atoms with E-state index in [2.05, 4.69) is 14.9 Å². The SMILES string of the molecule is CC(=O)OOc1ccc(Cl)cc1-c1cnc(N)nc1. The number of halogens is 1. The van der Waals surface area contributed by atoms with Gasteiger partial charge in [-0.2, -0.15) is 0 Å². The summed E-state index contributed by atoms with van der Waals surface area (Å²) in [7, 11) is 0. The van der Waals surface area contributed by atoms with Gasteiger partial charge in [0.1, 0.15) is 0 Å². The number of anilines is 1. The molecule has 19 heavy (non-hydrogen) atoms. The number of hydrogen-bond acceptors (Lipinski definition) is 6. The molecule has 0 atom stereocenters. The van der Waals surface area contributed by atoms with E-state index < -0.39 is 5.97 Å². The maximum atomic E-state index is 10.8. The van der Waals surface area contributed by atoms with Gasteiger partial charge < -0.3 is 5.73 Å². The van der Waals surface area contributed by atoms with E-state index in [1.54, 1.807) is 18.2 Å². The van der Waals surface area contributed by atoms with Crippen LogP contribution in [-0.2, 0) is 9.68 Å². The Hall–Kier alpha value is -2.34. The Balaban J connectivity index is 2.39. The molecule has 98 valence electrons. The zero-order chi connectivity index (χ0) is 13.8. The Morgan fingerprint density at radius 3 is 2.63 bits per heavy atom. The van der Waals surface area contributed by atoms with Crippen LogP contribution in [0.5, 0.6) is 5.75 Å². The van der Waals surface area contributed by atoms with Crippen molar-refractivity contribution in [3.63, 3.8) is 0 Å². The third-order valence-corrected chi connectivity index (χ3v) is 2.41. The fraction of sp³-hybridized carbons (Fsp3) is 0.0833. The van der Waals surface area contributed by atoms with Gasteiger partial charge in [0.05, 0.1) is 0 Å². The molecule has 1 aromatic carbocycles. The van der Waals surface area contributed by atoms with Crippen LogP contribution in [0.3, 0.4) is 0 Å². The average molecular weight is 280 g/mol. The van der Waals surface area contributed by atoms with E-state index in [1.165, 1.54) is 19.3 Å². The van der Waals surface area contributed by atoms with Gasteiger partial charge in [-0.25, -0.2) is 14.8 Å². The van der Waals surface area contributed by atoms with E-state index in [0.717, 1.165) is 0 Å². The lowest BCUT2D eigenvalue weighted by Crippen LogP contribution is -2.04. The first-order valence-electron chi connectivity index (χ1n) is 5.29. The van der Waals surface area contributed by atoms with Crippen molar-refractivity contribution in [1.29, 1.82) is 0 Å². The fourth-order valence-corrected chi connectivity index (χ4v) is 1.55. The van der Waals surface area contributed by atoms with Gasteiger partial charge >= 0.3 is 5.97 Å². The number of carbonyl (C=O) groups excluding carboxylic acids is 1. The molecule has 0 fully saturated rings. The first-order chi connectivity index (χ1) is 9.06. The summed E-state index contributed by atoms with van der Waals surface area (Å²) < 4.78 is 0. The smallest absolute Gasteiger partial charge is 0.352 e. The molecule has 0 spiro atoms. The third kappa shape index (κ3) is 3.32. The summed E-state index contributed by atoms with van der Waals surface area (Å²) in [5, 5.41) is 0.502. The highest BCUT2D eigenvalue weighted by Crippen LogP contribution is 2.32. The van der Waals surface area contributed by atoms with Crippen LogP contribution in [-0.4, -0.2) is 15.9 Å². The largest absolute Gasteiger partial charge is 0.368 e. The summed E-state index contributed by atoms with van der Waals surface area (Å²) in [5.41, 5.74) is 6.65. The molecule has 2 N–H and O–H groups in total. The Bertz CT molecular complexity index is 602. The van der Waals surface area contributed by atoms with E-state index in [1.807, 2.05) is 0 Å². The number of hydrogen-bond donors (Lipinski definition) is 1. The molecule has 0 saturated carbocycles. The first-order valence-corrected chi connectivity index (χ1v) is 5.66. The molecule has 6 nitrogen and oxygen atoms in total. The number of nitrogens with zero attached hydrogens (tertiary/aromatic N) is 2. The first kappa shape index (κ1) is 13.1. The topological polar surface area (TPSA) is 87.3 Å². The summed E-state index contributed by atoms with van der Waals surface area (Å²) in [4.78, 5) is 28.0.